The zero-order valence-electron chi connectivity index (χ0n) is 25.7. The summed E-state index contributed by atoms with van der Waals surface area (Å²) in [4.78, 5) is 11.8. The minimum Gasteiger partial charge on any atom is -0.294 e. The van der Waals surface area contributed by atoms with E-state index in [1.54, 1.807) is 5.57 Å². The lowest BCUT2D eigenvalue weighted by molar-refractivity contribution is 0.0988. The summed E-state index contributed by atoms with van der Waals surface area (Å²) in [5, 5.41) is 0. The van der Waals surface area contributed by atoms with Gasteiger partial charge in [-0.3, -0.25) is 4.79 Å². The second-order valence-corrected chi connectivity index (χ2v) is 10.8. The van der Waals surface area contributed by atoms with Gasteiger partial charge in [0.05, 0.1) is 0 Å². The first-order chi connectivity index (χ1) is 19.2. The molecule has 0 radical (unpaired) electrons. The van der Waals surface area contributed by atoms with Crippen LogP contribution in [0.2, 0.25) is 0 Å². The Morgan fingerprint density at radius 2 is 1.25 bits per heavy atom. The molecule has 0 fully saturated rings. The average molecular weight is 533 g/mol. The van der Waals surface area contributed by atoms with Crippen molar-refractivity contribution in [2.24, 2.45) is 5.92 Å². The van der Waals surface area contributed by atoms with Gasteiger partial charge in [-0.2, -0.15) is 0 Å². The van der Waals surface area contributed by atoms with Gasteiger partial charge in [0, 0.05) is 12.0 Å². The third-order valence-corrected chi connectivity index (χ3v) is 7.10. The van der Waals surface area contributed by atoms with Gasteiger partial charge >= 0.3 is 0 Å². The van der Waals surface area contributed by atoms with Crippen molar-refractivity contribution < 1.29 is 4.79 Å². The van der Waals surface area contributed by atoms with Crippen molar-refractivity contribution in [2.75, 3.05) is 0 Å². The summed E-state index contributed by atoms with van der Waals surface area (Å²) < 4.78 is 0. The topological polar surface area (TPSA) is 17.1 Å². The van der Waals surface area contributed by atoms with Crippen LogP contribution in [0.1, 0.15) is 90.1 Å². The van der Waals surface area contributed by atoms with Gasteiger partial charge in [-0.1, -0.05) is 151 Å². The van der Waals surface area contributed by atoms with Crippen LogP contribution in [0.25, 0.3) is 6.08 Å². The number of carbonyl (C=O) groups excluding carboxylic acids is 1. The Morgan fingerprint density at radius 3 is 1.77 bits per heavy atom. The molecule has 0 N–H and O–H groups in total. The Bertz CT molecular complexity index is 1290. The van der Waals surface area contributed by atoms with Crippen molar-refractivity contribution in [1.29, 1.82) is 0 Å². The first kappa shape index (κ1) is 32.5. The van der Waals surface area contributed by atoms with Gasteiger partial charge < -0.3 is 0 Å². The molecule has 1 nitrogen and oxygen atoms in total. The van der Waals surface area contributed by atoms with E-state index in [0.717, 1.165) is 16.7 Å². The Labute approximate surface area is 244 Å². The van der Waals surface area contributed by atoms with Crippen LogP contribution in [0.4, 0.5) is 0 Å². The third kappa shape index (κ3) is 12.4. The number of carbonyl (C=O) groups is 1. The number of hydrogen-bond acceptors (Lipinski definition) is 1. The number of hydrogen-bond donors (Lipinski definition) is 0. The highest BCUT2D eigenvalue weighted by Gasteiger charge is 2.14. The van der Waals surface area contributed by atoms with Crippen LogP contribution < -0.4 is 0 Å². The number of allylic oxidation sites excluding steroid dienone is 19. The minimum absolute atomic E-state index is 0.178. The molecule has 0 saturated heterocycles. The van der Waals surface area contributed by atoms with Crippen molar-refractivity contribution in [2.45, 2.75) is 74.1 Å². The molecule has 1 aliphatic rings. The Balaban J connectivity index is 1.84. The van der Waals surface area contributed by atoms with E-state index in [0.29, 0.717) is 12.3 Å². The van der Waals surface area contributed by atoms with Crippen LogP contribution in [0.5, 0.6) is 0 Å². The van der Waals surface area contributed by atoms with Gasteiger partial charge in [-0.05, 0) is 70.9 Å². The van der Waals surface area contributed by atoms with Crippen LogP contribution in [-0.2, 0) is 0 Å². The molecule has 1 atom stereocenters. The summed E-state index contributed by atoms with van der Waals surface area (Å²) in [7, 11) is 0. The van der Waals surface area contributed by atoms with Crippen molar-refractivity contribution in [1.82, 2.24) is 0 Å². The molecule has 1 aliphatic carbocycles. The molecular weight excluding hydrogens is 484 g/mol. The first-order valence-corrected chi connectivity index (χ1v) is 14.6. The average Bonchev–Trinajstić information content (AvgIpc) is 2.94. The molecule has 1 aromatic carbocycles. The van der Waals surface area contributed by atoms with E-state index in [-0.39, 0.29) is 5.78 Å². The summed E-state index contributed by atoms with van der Waals surface area (Å²) in [5.74, 6) is 0.855. The lowest BCUT2D eigenvalue weighted by atomic mass is 9.84. The summed E-state index contributed by atoms with van der Waals surface area (Å²) in [5.41, 5.74) is 9.76. The van der Waals surface area contributed by atoms with Crippen molar-refractivity contribution in [3.63, 3.8) is 0 Å². The SMILES string of the molecule is CCC(=O)c1ccc(/C=C/C(C)=C/C=C/C(C)=C/C=C/C=C(C)/C=C/C=C(C)/C=C/C2=C(C)CCCC2C)cc1. The molecule has 40 heavy (non-hydrogen) atoms. The Hall–Kier alpha value is -3.71. The minimum atomic E-state index is 0.178. The van der Waals surface area contributed by atoms with Crippen molar-refractivity contribution in [3.05, 3.63) is 148 Å². The largest absolute Gasteiger partial charge is 0.294 e. The standard InChI is InChI=1S/C39H48O/c1-8-39(40)37-27-25-36(26-28-37)24-22-32(4)18-11-16-30(2)14-9-10-15-31(3)17-12-19-33(5)23-29-38-34(6)20-13-21-35(38)7/h9-12,14-19,22-29,34H,8,13,20-21H2,1-7H3/b10-9+,16-11+,17-12+,24-22+,29-23+,30-14+,31-15+,32-18+,33-19+. The molecule has 0 heterocycles. The fourth-order valence-electron chi connectivity index (χ4n) is 4.47. The maximum atomic E-state index is 11.8. The van der Waals surface area contributed by atoms with E-state index in [1.807, 2.05) is 31.2 Å². The molecule has 0 spiro atoms. The maximum absolute atomic E-state index is 11.8. The molecule has 210 valence electrons. The van der Waals surface area contributed by atoms with Gasteiger partial charge in [0.15, 0.2) is 5.78 Å². The Morgan fingerprint density at radius 1 is 0.750 bits per heavy atom. The smallest absolute Gasteiger partial charge is 0.162 e. The van der Waals surface area contributed by atoms with E-state index < -0.39 is 0 Å². The summed E-state index contributed by atoms with van der Waals surface area (Å²) >= 11 is 0. The predicted octanol–water partition coefficient (Wildman–Crippen LogP) is 11.4. The molecule has 0 aromatic heterocycles. The van der Waals surface area contributed by atoms with E-state index >= 15 is 0 Å². The predicted molar refractivity (Wildman–Crippen MR) is 177 cm³/mol. The number of benzene rings is 1. The molecular formula is C39H48O. The fourth-order valence-corrected chi connectivity index (χ4v) is 4.47. The van der Waals surface area contributed by atoms with E-state index in [9.17, 15) is 4.79 Å². The van der Waals surface area contributed by atoms with Crippen molar-refractivity contribution in [3.8, 4) is 0 Å². The molecule has 1 aromatic rings. The number of rotatable bonds is 12. The monoisotopic (exact) mass is 532 g/mol. The number of ketones is 1. The highest BCUT2D eigenvalue weighted by Crippen LogP contribution is 2.30. The molecule has 0 bridgehead atoms. The maximum Gasteiger partial charge on any atom is 0.162 e. The second-order valence-electron chi connectivity index (χ2n) is 10.8. The Kier molecular flexibility index (Phi) is 14.5. The zero-order chi connectivity index (χ0) is 29.3. The van der Waals surface area contributed by atoms with Crippen LogP contribution in [-0.4, -0.2) is 5.78 Å². The summed E-state index contributed by atoms with van der Waals surface area (Å²) in [6, 6.07) is 7.77. The zero-order valence-corrected chi connectivity index (χ0v) is 25.7. The van der Waals surface area contributed by atoms with Crippen LogP contribution >= 0.6 is 0 Å². The normalized spacial score (nSPS) is 18.5. The van der Waals surface area contributed by atoms with E-state index in [2.05, 4.69) is 127 Å². The van der Waals surface area contributed by atoms with Crippen molar-refractivity contribution >= 4 is 11.9 Å². The lowest BCUT2D eigenvalue weighted by Gasteiger charge is -2.22. The van der Waals surface area contributed by atoms with E-state index in [1.165, 1.54) is 41.6 Å². The van der Waals surface area contributed by atoms with Gasteiger partial charge in [-0.15, -0.1) is 0 Å². The third-order valence-electron chi connectivity index (χ3n) is 7.10. The molecule has 2 rings (SSSR count). The van der Waals surface area contributed by atoms with Gasteiger partial charge in [0.25, 0.3) is 0 Å². The van der Waals surface area contributed by atoms with Gasteiger partial charge in [-0.25, -0.2) is 0 Å². The summed E-state index contributed by atoms with van der Waals surface area (Å²) in [6.45, 7) is 15.0. The first-order valence-electron chi connectivity index (χ1n) is 14.6. The van der Waals surface area contributed by atoms with Crippen LogP contribution in [0, 0.1) is 5.92 Å². The highest BCUT2D eigenvalue weighted by molar-refractivity contribution is 5.96. The molecule has 0 aliphatic heterocycles. The van der Waals surface area contributed by atoms with Crippen LogP contribution in [0.3, 0.4) is 0 Å². The second kappa shape index (κ2) is 17.8. The van der Waals surface area contributed by atoms with Gasteiger partial charge in [0.2, 0.25) is 0 Å². The van der Waals surface area contributed by atoms with Crippen LogP contribution in [0.15, 0.2) is 137 Å². The molecule has 0 saturated carbocycles. The fraction of sp³-hybridized carbons (Fsp3) is 0.308. The number of Topliss-reactive ketones (excluding diaryl/α,β-unsaturated/α-hetero) is 1. The summed E-state index contributed by atoms with van der Waals surface area (Å²) in [6.07, 6.45) is 34.2. The van der Waals surface area contributed by atoms with E-state index in [4.69, 9.17) is 0 Å². The molecule has 0 amide bonds. The molecule has 1 unspecified atom stereocenters. The lowest BCUT2D eigenvalue weighted by Crippen LogP contribution is -2.06. The highest BCUT2D eigenvalue weighted by atomic mass is 16.1. The van der Waals surface area contributed by atoms with Gasteiger partial charge in [0.1, 0.15) is 0 Å². The quantitative estimate of drug-likeness (QED) is 0.193. The molecule has 1 heteroatoms.